The lowest BCUT2D eigenvalue weighted by Crippen LogP contribution is -2.12. The number of anilines is 1. The lowest BCUT2D eigenvalue weighted by Gasteiger charge is -2.08. The van der Waals surface area contributed by atoms with Crippen LogP contribution in [0.2, 0.25) is 0 Å². The highest BCUT2D eigenvalue weighted by atomic mass is 32.1. The van der Waals surface area contributed by atoms with Gasteiger partial charge in [0.2, 0.25) is 5.95 Å². The van der Waals surface area contributed by atoms with Gasteiger partial charge in [0.25, 0.3) is 0 Å². The largest absolute Gasteiger partial charge is 0.347 e. The Kier molecular flexibility index (Phi) is 3.99. The fourth-order valence-corrected chi connectivity index (χ4v) is 2.25. The van der Waals surface area contributed by atoms with Crippen LogP contribution in [0, 0.1) is 0 Å². The molecule has 0 unspecified atom stereocenters. The minimum absolute atomic E-state index is 0.513. The van der Waals surface area contributed by atoms with Crippen molar-refractivity contribution < 1.29 is 4.79 Å². The van der Waals surface area contributed by atoms with Crippen LogP contribution in [0.25, 0.3) is 10.6 Å². The van der Waals surface area contributed by atoms with Gasteiger partial charge in [0.15, 0.2) is 0 Å². The van der Waals surface area contributed by atoms with Gasteiger partial charge in [-0.05, 0) is 6.42 Å². The minimum atomic E-state index is 0.513. The topological polar surface area (TPSA) is 59.0 Å². The van der Waals surface area contributed by atoms with Gasteiger partial charge >= 0.3 is 0 Å². The lowest BCUT2D eigenvalue weighted by molar-refractivity contribution is -0.107. The van der Waals surface area contributed by atoms with Gasteiger partial charge in [-0.1, -0.05) is 0 Å². The second-order valence-corrected chi connectivity index (χ2v) is 4.87. The third kappa shape index (κ3) is 2.89. The molecule has 0 saturated carbocycles. The zero-order valence-electron chi connectivity index (χ0n) is 10.3. The average molecular weight is 262 g/mol. The molecule has 2 heterocycles. The molecule has 0 N–H and O–H groups in total. The predicted molar refractivity (Wildman–Crippen MR) is 71.9 cm³/mol. The number of carbonyl (C=O) groups excluding carboxylic acids is 1. The summed E-state index contributed by atoms with van der Waals surface area (Å²) >= 11 is 1.55. The number of hydrogen-bond acceptors (Lipinski definition) is 6. The van der Waals surface area contributed by atoms with E-state index in [2.05, 4.69) is 15.0 Å². The molecule has 6 heteroatoms. The van der Waals surface area contributed by atoms with Gasteiger partial charge in [0, 0.05) is 43.9 Å². The molecule has 0 atom stereocenters. The lowest BCUT2D eigenvalue weighted by atomic mass is 10.3. The van der Waals surface area contributed by atoms with E-state index in [1.54, 1.807) is 23.7 Å². The van der Waals surface area contributed by atoms with E-state index in [4.69, 9.17) is 0 Å². The normalized spacial score (nSPS) is 10.3. The van der Waals surface area contributed by atoms with Crippen molar-refractivity contribution >= 4 is 23.6 Å². The van der Waals surface area contributed by atoms with E-state index in [0.717, 1.165) is 22.6 Å². The molecular formula is C12H14N4OS. The highest BCUT2D eigenvalue weighted by Gasteiger charge is 2.06. The molecule has 0 amide bonds. The van der Waals surface area contributed by atoms with Crippen LogP contribution in [0.1, 0.15) is 12.1 Å². The fraction of sp³-hybridized carbons (Fsp3) is 0.333. The second-order valence-electron chi connectivity index (χ2n) is 4.02. The molecule has 0 aliphatic heterocycles. The Morgan fingerprint density at radius 1 is 1.33 bits per heavy atom. The van der Waals surface area contributed by atoms with Crippen LogP contribution in [0.3, 0.4) is 0 Å². The number of carbonyl (C=O) groups is 1. The number of aromatic nitrogens is 3. The molecule has 5 nitrogen and oxygen atoms in total. The summed E-state index contributed by atoms with van der Waals surface area (Å²) in [4.78, 5) is 25.1. The molecule has 2 rings (SSSR count). The maximum Gasteiger partial charge on any atom is 0.224 e. The first kappa shape index (κ1) is 12.6. The summed E-state index contributed by atoms with van der Waals surface area (Å²) in [5.74, 6) is 0.677. The molecule has 2 aromatic heterocycles. The smallest absolute Gasteiger partial charge is 0.224 e. The molecule has 0 bridgehead atoms. The zero-order valence-corrected chi connectivity index (χ0v) is 11.1. The van der Waals surface area contributed by atoms with Gasteiger partial charge in [-0.15, -0.1) is 11.3 Å². The summed E-state index contributed by atoms with van der Waals surface area (Å²) in [6, 6.07) is 0. The number of nitrogens with zero attached hydrogens (tertiary/aromatic N) is 4. The van der Waals surface area contributed by atoms with E-state index in [0.29, 0.717) is 18.8 Å². The molecule has 18 heavy (non-hydrogen) atoms. The molecular weight excluding hydrogens is 248 g/mol. The van der Waals surface area contributed by atoms with Gasteiger partial charge in [-0.25, -0.2) is 15.0 Å². The molecule has 0 fully saturated rings. The van der Waals surface area contributed by atoms with E-state index < -0.39 is 0 Å². The van der Waals surface area contributed by atoms with Crippen molar-refractivity contribution in [3.05, 3.63) is 23.5 Å². The van der Waals surface area contributed by atoms with E-state index in [-0.39, 0.29) is 0 Å². The van der Waals surface area contributed by atoms with Crippen LogP contribution in [0.4, 0.5) is 5.95 Å². The predicted octanol–water partition coefficient (Wildman–Crippen LogP) is 1.80. The Hall–Kier alpha value is -1.82. The van der Waals surface area contributed by atoms with Crippen LogP contribution >= 0.6 is 11.3 Å². The standard InChI is InChI=1S/C12H14N4OS/c1-16(2)12-13-6-9(7-14-12)11-15-10(8-18-11)4-3-5-17/h5-8H,3-4H2,1-2H3. The van der Waals surface area contributed by atoms with Gasteiger partial charge in [0.1, 0.15) is 11.3 Å². The number of thiazole rings is 1. The minimum Gasteiger partial charge on any atom is -0.347 e. The summed E-state index contributed by atoms with van der Waals surface area (Å²) < 4.78 is 0. The molecule has 0 aromatic carbocycles. The van der Waals surface area contributed by atoms with E-state index >= 15 is 0 Å². The number of aryl methyl sites for hydroxylation is 1. The molecule has 0 radical (unpaired) electrons. The average Bonchev–Trinajstić information content (AvgIpc) is 2.85. The Morgan fingerprint density at radius 3 is 2.67 bits per heavy atom. The van der Waals surface area contributed by atoms with Crippen molar-refractivity contribution in [2.24, 2.45) is 0 Å². The second kappa shape index (κ2) is 5.68. The first-order chi connectivity index (χ1) is 8.70. The summed E-state index contributed by atoms with van der Waals surface area (Å²) in [6.45, 7) is 0. The first-order valence-corrected chi connectivity index (χ1v) is 6.46. The van der Waals surface area contributed by atoms with Crippen molar-refractivity contribution in [1.82, 2.24) is 15.0 Å². The van der Waals surface area contributed by atoms with Crippen molar-refractivity contribution in [2.45, 2.75) is 12.8 Å². The van der Waals surface area contributed by atoms with Crippen molar-refractivity contribution in [1.29, 1.82) is 0 Å². The van der Waals surface area contributed by atoms with Gasteiger partial charge in [-0.3, -0.25) is 0 Å². The summed E-state index contributed by atoms with van der Waals surface area (Å²) in [5.41, 5.74) is 1.85. The quantitative estimate of drug-likeness (QED) is 0.769. The summed E-state index contributed by atoms with van der Waals surface area (Å²) in [6.07, 6.45) is 5.65. The van der Waals surface area contributed by atoms with Gasteiger partial charge in [0.05, 0.1) is 5.69 Å². The van der Waals surface area contributed by atoms with Crippen molar-refractivity contribution in [2.75, 3.05) is 19.0 Å². The maximum absolute atomic E-state index is 10.3. The van der Waals surface area contributed by atoms with Crippen LogP contribution in [-0.4, -0.2) is 35.3 Å². The van der Waals surface area contributed by atoms with Gasteiger partial charge < -0.3 is 9.69 Å². The monoisotopic (exact) mass is 262 g/mol. The Morgan fingerprint density at radius 2 is 2.06 bits per heavy atom. The van der Waals surface area contributed by atoms with Crippen molar-refractivity contribution in [3.63, 3.8) is 0 Å². The molecule has 0 spiro atoms. The molecule has 0 aliphatic carbocycles. The Balaban J connectivity index is 2.15. The maximum atomic E-state index is 10.3. The van der Waals surface area contributed by atoms with Crippen LogP contribution < -0.4 is 4.90 Å². The highest BCUT2D eigenvalue weighted by Crippen LogP contribution is 2.23. The van der Waals surface area contributed by atoms with Gasteiger partial charge in [-0.2, -0.15) is 0 Å². The van der Waals surface area contributed by atoms with E-state index in [1.807, 2.05) is 24.4 Å². The van der Waals surface area contributed by atoms with E-state index in [1.165, 1.54) is 0 Å². The Labute approximate surface area is 110 Å². The molecule has 2 aromatic rings. The summed E-state index contributed by atoms with van der Waals surface area (Å²) in [5, 5.41) is 2.86. The van der Waals surface area contributed by atoms with E-state index in [9.17, 15) is 4.79 Å². The SMILES string of the molecule is CN(C)c1ncc(-c2nc(CCC=O)cs2)cn1. The first-order valence-electron chi connectivity index (χ1n) is 5.58. The summed E-state index contributed by atoms with van der Waals surface area (Å²) in [7, 11) is 3.80. The number of aldehydes is 1. The molecule has 0 saturated heterocycles. The highest BCUT2D eigenvalue weighted by molar-refractivity contribution is 7.13. The number of rotatable bonds is 5. The van der Waals surface area contributed by atoms with Crippen LogP contribution in [0.5, 0.6) is 0 Å². The Bertz CT molecular complexity index is 521. The molecule has 0 aliphatic rings. The van der Waals surface area contributed by atoms with Crippen LogP contribution in [0.15, 0.2) is 17.8 Å². The number of hydrogen-bond donors (Lipinski definition) is 0. The third-order valence-electron chi connectivity index (χ3n) is 2.36. The molecule has 94 valence electrons. The fourth-order valence-electron chi connectivity index (χ4n) is 1.42. The third-order valence-corrected chi connectivity index (χ3v) is 3.30. The van der Waals surface area contributed by atoms with Crippen LogP contribution in [-0.2, 0) is 11.2 Å². The van der Waals surface area contributed by atoms with Crippen molar-refractivity contribution in [3.8, 4) is 10.6 Å². The zero-order chi connectivity index (χ0) is 13.0.